The summed E-state index contributed by atoms with van der Waals surface area (Å²) in [4.78, 5) is 10.3. The molecule has 0 aromatic rings. The predicted octanol–water partition coefficient (Wildman–Crippen LogP) is 1.79. The smallest absolute Gasteiger partial charge is 0.332 e. The summed E-state index contributed by atoms with van der Waals surface area (Å²) < 4.78 is 10.1. The van der Waals surface area contributed by atoms with Crippen LogP contribution in [-0.4, -0.2) is 38.7 Å². The Morgan fingerprint density at radius 1 is 1.43 bits per heavy atom. The van der Waals surface area contributed by atoms with Gasteiger partial charge in [-0.2, -0.15) is 0 Å². The summed E-state index contributed by atoms with van der Waals surface area (Å²) in [6.45, 7) is 9.00. The van der Waals surface area contributed by atoms with Gasteiger partial charge in [-0.25, -0.2) is 4.79 Å². The van der Waals surface area contributed by atoms with E-state index in [9.17, 15) is 4.79 Å². The van der Waals surface area contributed by atoms with Gasteiger partial charge in [0.15, 0.2) is 6.10 Å². The summed E-state index contributed by atoms with van der Waals surface area (Å²) in [6, 6.07) is 1.07. The van der Waals surface area contributed by atoms with Gasteiger partial charge in [0.2, 0.25) is 0 Å². The minimum Gasteiger partial charge on any atom is -0.479 e. The zero-order chi connectivity index (χ0) is 11.2. The zero-order valence-corrected chi connectivity index (χ0v) is 10.4. The maximum atomic E-state index is 10.3. The van der Waals surface area contributed by atoms with Gasteiger partial charge in [0.1, 0.15) is 6.79 Å². The lowest BCUT2D eigenvalue weighted by Gasteiger charge is -2.15. The van der Waals surface area contributed by atoms with Gasteiger partial charge in [-0.15, -0.1) is 0 Å². The minimum absolute atomic E-state index is 0.0674. The highest BCUT2D eigenvalue weighted by molar-refractivity contribution is 6.76. The molecule has 0 heterocycles. The first-order valence-corrected chi connectivity index (χ1v) is 8.46. The van der Waals surface area contributed by atoms with Gasteiger partial charge in [0.25, 0.3) is 0 Å². The number of hydrogen-bond donors (Lipinski definition) is 1. The fourth-order valence-electron chi connectivity index (χ4n) is 0.659. The standard InChI is InChI=1S/C9H20O4Si/c1-8(9(10)11)13-7-12-5-6-14(2,3)4/h8H,5-7H2,1-4H3,(H,10,11)/t8-/m1/s1. The van der Waals surface area contributed by atoms with E-state index in [1.165, 1.54) is 6.92 Å². The van der Waals surface area contributed by atoms with Gasteiger partial charge in [-0.1, -0.05) is 19.6 Å². The molecule has 0 saturated carbocycles. The van der Waals surface area contributed by atoms with Crippen molar-refractivity contribution >= 4 is 14.0 Å². The SMILES string of the molecule is C[C@@H](OCOCC[Si](C)(C)C)C(=O)O. The first-order valence-electron chi connectivity index (χ1n) is 4.75. The molecule has 0 aromatic heterocycles. The van der Waals surface area contributed by atoms with Gasteiger partial charge < -0.3 is 14.6 Å². The molecule has 1 N–H and O–H groups in total. The Bertz CT molecular complexity index is 176. The Morgan fingerprint density at radius 2 is 2.00 bits per heavy atom. The van der Waals surface area contributed by atoms with Crippen molar-refractivity contribution < 1.29 is 19.4 Å². The van der Waals surface area contributed by atoms with Crippen molar-refractivity contribution in [3.05, 3.63) is 0 Å². The van der Waals surface area contributed by atoms with Crippen LogP contribution >= 0.6 is 0 Å². The minimum atomic E-state index is -1.05. The van der Waals surface area contributed by atoms with Crippen molar-refractivity contribution in [3.8, 4) is 0 Å². The largest absolute Gasteiger partial charge is 0.479 e. The molecular weight excluding hydrogens is 200 g/mol. The summed E-state index contributed by atoms with van der Waals surface area (Å²) in [7, 11) is -1.05. The molecule has 0 amide bonds. The van der Waals surface area contributed by atoms with E-state index in [-0.39, 0.29) is 6.79 Å². The van der Waals surface area contributed by atoms with E-state index >= 15 is 0 Å². The number of ether oxygens (including phenoxy) is 2. The number of hydrogen-bond acceptors (Lipinski definition) is 3. The van der Waals surface area contributed by atoms with Crippen LogP contribution in [0.5, 0.6) is 0 Å². The van der Waals surface area contributed by atoms with Crippen molar-refractivity contribution in [2.75, 3.05) is 13.4 Å². The Balaban J connectivity index is 3.35. The van der Waals surface area contributed by atoms with E-state index in [1.54, 1.807) is 0 Å². The number of carboxylic acids is 1. The second-order valence-corrected chi connectivity index (χ2v) is 10.1. The summed E-state index contributed by atoms with van der Waals surface area (Å²) >= 11 is 0. The fourth-order valence-corrected chi connectivity index (χ4v) is 1.42. The lowest BCUT2D eigenvalue weighted by Crippen LogP contribution is -2.24. The fraction of sp³-hybridized carbons (Fsp3) is 0.889. The Kier molecular flexibility index (Phi) is 5.99. The highest BCUT2D eigenvalue weighted by Gasteiger charge is 2.13. The van der Waals surface area contributed by atoms with Crippen LogP contribution in [-0.2, 0) is 14.3 Å². The average molecular weight is 220 g/mol. The lowest BCUT2D eigenvalue weighted by molar-refractivity contribution is -0.158. The summed E-state index contributed by atoms with van der Waals surface area (Å²) in [5, 5.41) is 8.49. The lowest BCUT2D eigenvalue weighted by atomic mass is 10.4. The Labute approximate surface area is 86.2 Å². The third-order valence-corrected chi connectivity index (χ3v) is 3.45. The number of carboxylic acid groups (broad SMARTS) is 1. The molecule has 0 aliphatic heterocycles. The van der Waals surface area contributed by atoms with Crippen molar-refractivity contribution in [1.82, 2.24) is 0 Å². The van der Waals surface area contributed by atoms with Crippen LogP contribution in [0, 0.1) is 0 Å². The van der Waals surface area contributed by atoms with Crippen molar-refractivity contribution in [3.63, 3.8) is 0 Å². The molecule has 0 aliphatic rings. The number of carbonyl (C=O) groups is 1. The Hall–Kier alpha value is -0.393. The summed E-state index contributed by atoms with van der Waals surface area (Å²) in [5.74, 6) is -0.959. The molecule has 0 bridgehead atoms. The molecule has 0 radical (unpaired) electrons. The van der Waals surface area contributed by atoms with E-state index in [2.05, 4.69) is 19.6 Å². The van der Waals surface area contributed by atoms with Crippen molar-refractivity contribution in [1.29, 1.82) is 0 Å². The van der Waals surface area contributed by atoms with Gasteiger partial charge in [-0.05, 0) is 13.0 Å². The molecule has 0 saturated heterocycles. The van der Waals surface area contributed by atoms with Crippen LogP contribution in [0.3, 0.4) is 0 Å². The molecule has 0 aliphatic carbocycles. The normalized spacial score (nSPS) is 14.0. The van der Waals surface area contributed by atoms with Gasteiger partial charge in [-0.3, -0.25) is 0 Å². The molecular formula is C9H20O4Si. The van der Waals surface area contributed by atoms with E-state index in [1.807, 2.05) is 0 Å². The molecule has 4 nitrogen and oxygen atoms in total. The number of rotatable bonds is 7. The van der Waals surface area contributed by atoms with Crippen molar-refractivity contribution in [2.45, 2.75) is 38.7 Å². The summed E-state index contributed by atoms with van der Waals surface area (Å²) in [5.41, 5.74) is 0. The highest BCUT2D eigenvalue weighted by Crippen LogP contribution is 2.07. The molecule has 0 aromatic carbocycles. The molecule has 14 heavy (non-hydrogen) atoms. The third-order valence-electron chi connectivity index (χ3n) is 1.75. The second kappa shape index (κ2) is 6.16. The van der Waals surface area contributed by atoms with Crippen LogP contribution in [0.15, 0.2) is 0 Å². The first-order chi connectivity index (χ1) is 6.33. The molecule has 0 unspecified atom stereocenters. The molecule has 0 fully saturated rings. The summed E-state index contributed by atoms with van der Waals surface area (Å²) in [6.07, 6.45) is -0.790. The molecule has 84 valence electrons. The van der Waals surface area contributed by atoms with Crippen LogP contribution in [0.25, 0.3) is 0 Å². The third kappa shape index (κ3) is 8.22. The van der Waals surface area contributed by atoms with Crippen LogP contribution < -0.4 is 0 Å². The van der Waals surface area contributed by atoms with Crippen LogP contribution in [0.4, 0.5) is 0 Å². The molecule has 0 spiro atoms. The zero-order valence-electron chi connectivity index (χ0n) is 9.37. The van der Waals surface area contributed by atoms with Crippen LogP contribution in [0.2, 0.25) is 25.7 Å². The van der Waals surface area contributed by atoms with E-state index in [0.29, 0.717) is 6.61 Å². The maximum absolute atomic E-state index is 10.3. The van der Waals surface area contributed by atoms with E-state index < -0.39 is 20.1 Å². The average Bonchev–Trinajstić information content (AvgIpc) is 2.01. The van der Waals surface area contributed by atoms with E-state index in [0.717, 1.165) is 6.04 Å². The van der Waals surface area contributed by atoms with Gasteiger partial charge in [0.05, 0.1) is 0 Å². The quantitative estimate of drug-likeness (QED) is 0.404. The van der Waals surface area contributed by atoms with E-state index in [4.69, 9.17) is 14.6 Å². The molecule has 1 atom stereocenters. The van der Waals surface area contributed by atoms with Crippen LogP contribution in [0.1, 0.15) is 6.92 Å². The second-order valence-electron chi connectivity index (χ2n) is 4.48. The Morgan fingerprint density at radius 3 is 2.43 bits per heavy atom. The first kappa shape index (κ1) is 13.6. The monoisotopic (exact) mass is 220 g/mol. The van der Waals surface area contributed by atoms with Gasteiger partial charge in [0, 0.05) is 14.7 Å². The number of aliphatic carboxylic acids is 1. The maximum Gasteiger partial charge on any atom is 0.332 e. The topological polar surface area (TPSA) is 55.8 Å². The molecule has 0 rings (SSSR count). The van der Waals surface area contributed by atoms with Gasteiger partial charge >= 0.3 is 5.97 Å². The predicted molar refractivity (Wildman–Crippen MR) is 57.2 cm³/mol. The van der Waals surface area contributed by atoms with Crippen molar-refractivity contribution in [2.24, 2.45) is 0 Å². The highest BCUT2D eigenvalue weighted by atomic mass is 28.3. The molecule has 5 heteroatoms.